The first kappa shape index (κ1) is 47.1. The van der Waals surface area contributed by atoms with Crippen LogP contribution < -0.4 is 0 Å². The lowest BCUT2D eigenvalue weighted by Gasteiger charge is -2.34. The monoisotopic (exact) mass is 727 g/mol. The molecule has 1 rings (SSSR count). The Morgan fingerprint density at radius 2 is 0.417 bits per heavy atom. The predicted molar refractivity (Wildman–Crippen MR) is 232 cm³/mol. The highest BCUT2D eigenvalue weighted by molar-refractivity contribution is 8.01. The van der Waals surface area contributed by atoms with E-state index in [0.29, 0.717) is 0 Å². The van der Waals surface area contributed by atoms with Crippen LogP contribution in [0.2, 0.25) is 0 Å². The molecule has 0 aliphatic heterocycles. The number of hydrogen-bond donors (Lipinski definition) is 0. The standard InChI is InChI=1S/C45H90S3/c1-4-7-10-13-16-19-22-25-28-31-34-37-46-43-40-44(47-38-35-32-29-26-23-20-17-14-11-8-5-2)42-45(41-43)48-39-36-33-30-27-24-21-18-15-12-9-6-3/h43-45H,4-42H2,1-3H3. The molecule has 0 bridgehead atoms. The van der Waals surface area contributed by atoms with E-state index >= 15 is 0 Å². The molecule has 0 saturated heterocycles. The minimum atomic E-state index is 0.937. The molecule has 0 aromatic heterocycles. The van der Waals surface area contributed by atoms with E-state index in [0.717, 1.165) is 15.7 Å². The Balaban J connectivity index is 2.21. The van der Waals surface area contributed by atoms with Crippen molar-refractivity contribution in [1.82, 2.24) is 0 Å². The molecule has 1 fully saturated rings. The van der Waals surface area contributed by atoms with E-state index in [4.69, 9.17) is 0 Å². The fourth-order valence-electron chi connectivity index (χ4n) is 7.63. The zero-order valence-corrected chi connectivity index (χ0v) is 36.0. The lowest BCUT2D eigenvalue weighted by Crippen LogP contribution is -2.29. The van der Waals surface area contributed by atoms with Crippen LogP contribution in [0.1, 0.15) is 252 Å². The molecule has 0 atom stereocenters. The zero-order valence-electron chi connectivity index (χ0n) is 33.5. The van der Waals surface area contributed by atoms with E-state index in [1.54, 1.807) is 0 Å². The maximum absolute atomic E-state index is 2.38. The molecule has 0 unspecified atom stereocenters. The van der Waals surface area contributed by atoms with Gasteiger partial charge in [0.2, 0.25) is 0 Å². The molecule has 0 nitrogen and oxygen atoms in total. The molecule has 0 heterocycles. The van der Waals surface area contributed by atoms with E-state index in [9.17, 15) is 0 Å². The second-order valence-corrected chi connectivity index (χ2v) is 20.0. The van der Waals surface area contributed by atoms with Crippen molar-refractivity contribution >= 4 is 35.3 Å². The largest absolute Gasteiger partial charge is 0.159 e. The van der Waals surface area contributed by atoms with Gasteiger partial charge in [0.1, 0.15) is 0 Å². The number of rotatable bonds is 39. The second kappa shape index (κ2) is 39.3. The summed E-state index contributed by atoms with van der Waals surface area (Å²) in [5, 5.41) is 2.81. The summed E-state index contributed by atoms with van der Waals surface area (Å²) in [5.41, 5.74) is 0. The van der Waals surface area contributed by atoms with Crippen LogP contribution in [0.25, 0.3) is 0 Å². The first-order valence-corrected chi connectivity index (χ1v) is 25.8. The van der Waals surface area contributed by atoms with Crippen molar-refractivity contribution in [3.05, 3.63) is 0 Å². The fourth-order valence-corrected chi connectivity index (χ4v) is 12.3. The summed E-state index contributed by atoms with van der Waals surface area (Å²) in [6.07, 6.45) is 52.8. The Hall–Kier alpha value is 1.05. The van der Waals surface area contributed by atoms with Crippen LogP contribution in [0.15, 0.2) is 0 Å². The molecule has 1 aliphatic rings. The van der Waals surface area contributed by atoms with Crippen LogP contribution in [0.3, 0.4) is 0 Å². The average molecular weight is 727 g/mol. The fraction of sp³-hybridized carbons (Fsp3) is 1.00. The Morgan fingerprint density at radius 1 is 0.250 bits per heavy atom. The SMILES string of the molecule is CCCCCCCCCCCCCSC1CC(SCCCCCCCCCCCCC)CC(SCCCCCCCCCCCCC)C1. The van der Waals surface area contributed by atoms with Gasteiger partial charge in [0, 0.05) is 15.7 Å². The van der Waals surface area contributed by atoms with Gasteiger partial charge in [-0.05, 0) is 55.8 Å². The van der Waals surface area contributed by atoms with Gasteiger partial charge in [0.05, 0.1) is 0 Å². The summed E-state index contributed by atoms with van der Waals surface area (Å²) in [6, 6.07) is 0. The summed E-state index contributed by atoms with van der Waals surface area (Å²) in [7, 11) is 0. The average Bonchev–Trinajstić information content (AvgIpc) is 3.09. The summed E-state index contributed by atoms with van der Waals surface area (Å²) in [6.45, 7) is 6.96. The summed E-state index contributed by atoms with van der Waals surface area (Å²) < 4.78 is 0. The highest BCUT2D eigenvalue weighted by atomic mass is 32.2. The Labute approximate surface area is 318 Å². The molecule has 0 N–H and O–H groups in total. The molecule has 0 spiro atoms. The molecule has 0 aromatic carbocycles. The van der Waals surface area contributed by atoms with Gasteiger partial charge < -0.3 is 0 Å². The van der Waals surface area contributed by atoms with Gasteiger partial charge in [0.15, 0.2) is 0 Å². The first-order chi connectivity index (χ1) is 23.8. The van der Waals surface area contributed by atoms with Gasteiger partial charge in [-0.25, -0.2) is 0 Å². The minimum absolute atomic E-state index is 0.937. The third kappa shape index (κ3) is 32.9. The van der Waals surface area contributed by atoms with Gasteiger partial charge in [-0.15, -0.1) is 0 Å². The van der Waals surface area contributed by atoms with Gasteiger partial charge in [-0.2, -0.15) is 35.3 Å². The molecule has 3 heteroatoms. The van der Waals surface area contributed by atoms with E-state index in [1.165, 1.54) is 248 Å². The van der Waals surface area contributed by atoms with Crippen LogP contribution in [0.4, 0.5) is 0 Å². The highest BCUT2D eigenvalue weighted by Crippen LogP contribution is 2.40. The quantitative estimate of drug-likeness (QED) is 0.0579. The topological polar surface area (TPSA) is 0 Å². The molecular formula is C45H90S3. The highest BCUT2D eigenvalue weighted by Gasteiger charge is 2.29. The van der Waals surface area contributed by atoms with Gasteiger partial charge >= 0.3 is 0 Å². The number of thioether (sulfide) groups is 3. The molecule has 288 valence electrons. The number of hydrogen-bond acceptors (Lipinski definition) is 3. The van der Waals surface area contributed by atoms with Crippen LogP contribution >= 0.6 is 35.3 Å². The van der Waals surface area contributed by atoms with Gasteiger partial charge in [0.25, 0.3) is 0 Å². The molecule has 48 heavy (non-hydrogen) atoms. The molecule has 1 saturated carbocycles. The zero-order chi connectivity index (χ0) is 34.4. The lowest BCUT2D eigenvalue weighted by atomic mass is 9.99. The smallest absolute Gasteiger partial charge is 0.00681 e. The number of unbranched alkanes of at least 4 members (excludes halogenated alkanes) is 30. The van der Waals surface area contributed by atoms with Crippen LogP contribution in [-0.4, -0.2) is 33.0 Å². The maximum atomic E-state index is 2.38. The van der Waals surface area contributed by atoms with E-state index in [1.807, 2.05) is 0 Å². The summed E-state index contributed by atoms with van der Waals surface area (Å²) >= 11 is 7.14. The first-order valence-electron chi connectivity index (χ1n) is 22.6. The van der Waals surface area contributed by atoms with Gasteiger partial charge in [-0.1, -0.05) is 213 Å². The van der Waals surface area contributed by atoms with Crippen molar-refractivity contribution in [2.24, 2.45) is 0 Å². The maximum Gasteiger partial charge on any atom is 0.00681 e. The molecule has 0 amide bonds. The van der Waals surface area contributed by atoms with Crippen molar-refractivity contribution in [2.75, 3.05) is 17.3 Å². The Morgan fingerprint density at radius 3 is 0.604 bits per heavy atom. The van der Waals surface area contributed by atoms with Crippen molar-refractivity contribution in [2.45, 2.75) is 268 Å². The lowest BCUT2D eigenvalue weighted by molar-refractivity contribution is 0.536. The minimum Gasteiger partial charge on any atom is -0.159 e. The Kier molecular flexibility index (Phi) is 38.5. The van der Waals surface area contributed by atoms with E-state index in [-0.39, 0.29) is 0 Å². The van der Waals surface area contributed by atoms with E-state index in [2.05, 4.69) is 56.1 Å². The molecule has 0 aromatic rings. The van der Waals surface area contributed by atoms with Crippen molar-refractivity contribution in [3.8, 4) is 0 Å². The third-order valence-electron chi connectivity index (χ3n) is 10.9. The van der Waals surface area contributed by atoms with E-state index < -0.39 is 0 Å². The van der Waals surface area contributed by atoms with Crippen LogP contribution in [0.5, 0.6) is 0 Å². The van der Waals surface area contributed by atoms with Crippen molar-refractivity contribution in [1.29, 1.82) is 0 Å². The summed E-state index contributed by atoms with van der Waals surface area (Å²) in [5.74, 6) is 4.27. The molecule has 1 aliphatic carbocycles. The molecular weight excluding hydrogens is 637 g/mol. The van der Waals surface area contributed by atoms with Crippen molar-refractivity contribution in [3.63, 3.8) is 0 Å². The van der Waals surface area contributed by atoms with Crippen LogP contribution in [0, 0.1) is 0 Å². The second-order valence-electron chi connectivity index (χ2n) is 15.8. The van der Waals surface area contributed by atoms with Crippen molar-refractivity contribution < 1.29 is 0 Å². The predicted octanol–water partition coefficient (Wildman–Crippen LogP) is 17.4. The Bertz CT molecular complexity index is 508. The van der Waals surface area contributed by atoms with Crippen LogP contribution in [-0.2, 0) is 0 Å². The normalized spacial score (nSPS) is 18.2. The molecule has 0 radical (unpaired) electrons. The van der Waals surface area contributed by atoms with Gasteiger partial charge in [-0.3, -0.25) is 0 Å². The summed E-state index contributed by atoms with van der Waals surface area (Å²) in [4.78, 5) is 0. The third-order valence-corrected chi connectivity index (χ3v) is 15.0.